The second-order valence-electron chi connectivity index (χ2n) is 4.47. The molecule has 0 saturated carbocycles. The molecule has 1 atom stereocenters. The van der Waals surface area contributed by atoms with Gasteiger partial charge in [0.1, 0.15) is 13.2 Å². The van der Waals surface area contributed by atoms with Crippen molar-refractivity contribution in [2.45, 2.75) is 13.0 Å². The second kappa shape index (κ2) is 5.54. The number of anilines is 1. The van der Waals surface area contributed by atoms with Gasteiger partial charge in [-0.3, -0.25) is 9.97 Å². The van der Waals surface area contributed by atoms with E-state index in [-0.39, 0.29) is 6.04 Å². The van der Waals surface area contributed by atoms with E-state index in [1.165, 1.54) is 0 Å². The molecule has 0 saturated heterocycles. The van der Waals surface area contributed by atoms with E-state index in [4.69, 9.17) is 21.1 Å². The maximum absolute atomic E-state index is 6.26. The van der Waals surface area contributed by atoms with Crippen LogP contribution in [0.4, 0.5) is 5.69 Å². The largest absolute Gasteiger partial charge is 0.486 e. The summed E-state index contributed by atoms with van der Waals surface area (Å²) in [6.07, 6.45) is 5.04. The number of hydrogen-bond acceptors (Lipinski definition) is 5. The van der Waals surface area contributed by atoms with Gasteiger partial charge in [0.2, 0.25) is 0 Å². The van der Waals surface area contributed by atoms with E-state index in [0.29, 0.717) is 29.7 Å². The summed E-state index contributed by atoms with van der Waals surface area (Å²) in [5.74, 6) is 1.38. The lowest BCUT2D eigenvalue weighted by molar-refractivity contribution is 0.171. The van der Waals surface area contributed by atoms with Crippen LogP contribution in [0.15, 0.2) is 30.7 Å². The number of nitrogens with one attached hydrogen (secondary N) is 1. The van der Waals surface area contributed by atoms with Crippen LogP contribution in [-0.2, 0) is 0 Å². The Balaban J connectivity index is 1.84. The number of nitrogens with zero attached hydrogens (tertiary/aromatic N) is 2. The molecule has 0 aliphatic carbocycles. The van der Waals surface area contributed by atoms with Crippen molar-refractivity contribution in [1.29, 1.82) is 0 Å². The minimum absolute atomic E-state index is 0.0104. The summed E-state index contributed by atoms with van der Waals surface area (Å²) in [5.41, 5.74) is 1.63. The van der Waals surface area contributed by atoms with Crippen LogP contribution in [0.3, 0.4) is 0 Å². The first kappa shape index (κ1) is 13.0. The molecule has 1 aromatic carbocycles. The summed E-state index contributed by atoms with van der Waals surface area (Å²) in [6.45, 7) is 3.09. The molecule has 0 fully saturated rings. The predicted octanol–water partition coefficient (Wildman–Crippen LogP) is 3.07. The average Bonchev–Trinajstić information content (AvgIpc) is 2.49. The Morgan fingerprint density at radius 3 is 2.65 bits per heavy atom. The Morgan fingerprint density at radius 2 is 1.95 bits per heavy atom. The molecule has 0 spiro atoms. The quantitative estimate of drug-likeness (QED) is 0.942. The van der Waals surface area contributed by atoms with Crippen LogP contribution < -0.4 is 14.8 Å². The van der Waals surface area contributed by atoms with Crippen molar-refractivity contribution in [3.05, 3.63) is 41.4 Å². The van der Waals surface area contributed by atoms with Crippen LogP contribution >= 0.6 is 11.6 Å². The van der Waals surface area contributed by atoms with Gasteiger partial charge < -0.3 is 14.8 Å². The van der Waals surface area contributed by atoms with Crippen molar-refractivity contribution in [3.63, 3.8) is 0 Å². The molecule has 2 aromatic rings. The van der Waals surface area contributed by atoms with E-state index in [9.17, 15) is 0 Å². The zero-order valence-electron chi connectivity index (χ0n) is 11.0. The highest BCUT2D eigenvalue weighted by Crippen LogP contribution is 2.38. The molecule has 0 radical (unpaired) electrons. The van der Waals surface area contributed by atoms with Crippen LogP contribution in [0.25, 0.3) is 0 Å². The lowest BCUT2D eigenvalue weighted by atomic mass is 10.2. The van der Waals surface area contributed by atoms with E-state index in [0.717, 1.165) is 11.4 Å². The monoisotopic (exact) mass is 291 g/mol. The van der Waals surface area contributed by atoms with E-state index in [1.807, 2.05) is 13.0 Å². The Bertz CT molecular complexity index is 607. The third kappa shape index (κ3) is 2.63. The number of benzene rings is 1. The van der Waals surface area contributed by atoms with Crippen LogP contribution in [0.1, 0.15) is 18.7 Å². The van der Waals surface area contributed by atoms with Gasteiger partial charge in [-0.25, -0.2) is 0 Å². The lowest BCUT2D eigenvalue weighted by Gasteiger charge is -2.21. The number of aromatic nitrogens is 2. The summed E-state index contributed by atoms with van der Waals surface area (Å²) in [6, 6.07) is 3.61. The third-order valence-corrected chi connectivity index (χ3v) is 3.34. The Morgan fingerprint density at radius 1 is 1.20 bits per heavy atom. The molecule has 1 aliphatic heterocycles. The standard InChI is InChI=1S/C14H14ClN3O2/c1-9(12-8-16-2-3-17-12)18-11-7-14-13(6-10(11)15)19-4-5-20-14/h2-3,6-9,18H,4-5H2,1H3. The number of hydrogen-bond donors (Lipinski definition) is 1. The first-order valence-corrected chi connectivity index (χ1v) is 6.73. The fraction of sp³-hybridized carbons (Fsp3) is 0.286. The highest BCUT2D eigenvalue weighted by Gasteiger charge is 2.16. The summed E-state index contributed by atoms with van der Waals surface area (Å²) >= 11 is 6.26. The van der Waals surface area contributed by atoms with Gasteiger partial charge in [-0.1, -0.05) is 11.6 Å². The van der Waals surface area contributed by atoms with Gasteiger partial charge in [0.25, 0.3) is 0 Å². The first-order chi connectivity index (χ1) is 9.74. The second-order valence-corrected chi connectivity index (χ2v) is 4.88. The van der Waals surface area contributed by atoms with Crippen molar-refractivity contribution in [3.8, 4) is 11.5 Å². The molecule has 1 unspecified atom stereocenters. The molecule has 5 nitrogen and oxygen atoms in total. The topological polar surface area (TPSA) is 56.3 Å². The van der Waals surface area contributed by atoms with E-state index >= 15 is 0 Å². The molecule has 1 aromatic heterocycles. The van der Waals surface area contributed by atoms with Crippen molar-refractivity contribution in [1.82, 2.24) is 9.97 Å². The molecule has 3 rings (SSSR count). The number of halogens is 1. The Hall–Kier alpha value is -2.01. The molecule has 6 heteroatoms. The fourth-order valence-corrected chi connectivity index (χ4v) is 2.22. The van der Waals surface area contributed by atoms with Crippen molar-refractivity contribution in [2.24, 2.45) is 0 Å². The lowest BCUT2D eigenvalue weighted by Crippen LogP contribution is -2.16. The zero-order chi connectivity index (χ0) is 13.9. The normalized spacial score (nSPS) is 14.7. The van der Waals surface area contributed by atoms with Crippen LogP contribution in [-0.4, -0.2) is 23.2 Å². The third-order valence-electron chi connectivity index (χ3n) is 3.03. The molecule has 20 heavy (non-hydrogen) atoms. The molecule has 1 aliphatic rings. The van der Waals surface area contributed by atoms with Gasteiger partial charge in [0.15, 0.2) is 11.5 Å². The molecule has 1 N–H and O–H groups in total. The highest BCUT2D eigenvalue weighted by atomic mass is 35.5. The van der Waals surface area contributed by atoms with Gasteiger partial charge in [-0.05, 0) is 6.92 Å². The predicted molar refractivity (Wildman–Crippen MR) is 76.5 cm³/mol. The molecule has 0 amide bonds. The summed E-state index contributed by atoms with van der Waals surface area (Å²) in [4.78, 5) is 8.33. The zero-order valence-corrected chi connectivity index (χ0v) is 11.7. The maximum atomic E-state index is 6.26. The van der Waals surface area contributed by atoms with Gasteiger partial charge in [0.05, 0.1) is 28.6 Å². The minimum Gasteiger partial charge on any atom is -0.486 e. The minimum atomic E-state index is -0.0104. The molecular formula is C14H14ClN3O2. The average molecular weight is 292 g/mol. The van der Waals surface area contributed by atoms with Gasteiger partial charge in [-0.15, -0.1) is 0 Å². The van der Waals surface area contributed by atoms with Crippen molar-refractivity contribution < 1.29 is 9.47 Å². The van der Waals surface area contributed by atoms with E-state index in [2.05, 4.69) is 15.3 Å². The molecule has 104 valence electrons. The van der Waals surface area contributed by atoms with Gasteiger partial charge >= 0.3 is 0 Å². The Kier molecular flexibility index (Phi) is 3.60. The van der Waals surface area contributed by atoms with E-state index < -0.39 is 0 Å². The van der Waals surface area contributed by atoms with Crippen LogP contribution in [0, 0.1) is 0 Å². The van der Waals surface area contributed by atoms with Gasteiger partial charge in [0, 0.05) is 24.5 Å². The summed E-state index contributed by atoms with van der Waals surface area (Å²) in [5, 5.41) is 3.89. The van der Waals surface area contributed by atoms with Crippen LogP contribution in [0.2, 0.25) is 5.02 Å². The number of rotatable bonds is 3. The SMILES string of the molecule is CC(Nc1cc2c(cc1Cl)OCCO2)c1cnccn1. The molecule has 0 bridgehead atoms. The number of fused-ring (bicyclic) bond motifs is 1. The van der Waals surface area contributed by atoms with Crippen LogP contribution in [0.5, 0.6) is 11.5 Å². The summed E-state index contributed by atoms with van der Waals surface area (Å²) in [7, 11) is 0. The van der Waals surface area contributed by atoms with Gasteiger partial charge in [-0.2, -0.15) is 0 Å². The number of ether oxygens (including phenoxy) is 2. The molecular weight excluding hydrogens is 278 g/mol. The van der Waals surface area contributed by atoms with Crippen molar-refractivity contribution in [2.75, 3.05) is 18.5 Å². The first-order valence-electron chi connectivity index (χ1n) is 6.35. The highest BCUT2D eigenvalue weighted by molar-refractivity contribution is 6.33. The van der Waals surface area contributed by atoms with Crippen molar-refractivity contribution >= 4 is 17.3 Å². The summed E-state index contributed by atoms with van der Waals surface area (Å²) < 4.78 is 11.0. The Labute approximate surface area is 121 Å². The van der Waals surface area contributed by atoms with E-state index in [1.54, 1.807) is 24.7 Å². The smallest absolute Gasteiger partial charge is 0.163 e. The fourth-order valence-electron chi connectivity index (χ4n) is 2.02. The molecule has 2 heterocycles. The maximum Gasteiger partial charge on any atom is 0.163 e.